The molecule has 1 aliphatic heterocycles. The molecule has 0 saturated heterocycles. The monoisotopic (exact) mass is 216 g/mol. The minimum absolute atomic E-state index is 0.155. The summed E-state index contributed by atoms with van der Waals surface area (Å²) in [5.74, 6) is 1.62. The van der Waals surface area contributed by atoms with E-state index in [2.05, 4.69) is 0 Å². The third-order valence-electron chi connectivity index (χ3n) is 3.15. The summed E-state index contributed by atoms with van der Waals surface area (Å²) in [4.78, 5) is 11.7. The predicted octanol–water partition coefficient (Wildman–Crippen LogP) is 2.33. The number of fused-ring (bicyclic) bond motifs is 1. The lowest BCUT2D eigenvalue weighted by Gasteiger charge is -2.26. The molecule has 3 nitrogen and oxygen atoms in total. The van der Waals surface area contributed by atoms with Crippen molar-refractivity contribution in [2.75, 3.05) is 0 Å². The Kier molecular flexibility index (Phi) is 1.99. The lowest BCUT2D eigenvalue weighted by Crippen LogP contribution is -2.20. The molecule has 0 fully saturated rings. The predicted molar refractivity (Wildman–Crippen MR) is 58.3 cm³/mol. The fraction of sp³-hybridized carbons (Fsp3) is 0.308. The number of Topliss-reactive ketones (excluding diaryl/α,β-unsaturated/α-hetero) is 1. The van der Waals surface area contributed by atoms with Crippen molar-refractivity contribution in [3.05, 3.63) is 35.1 Å². The van der Waals surface area contributed by atoms with Crippen LogP contribution in [-0.2, 0) is 11.2 Å². The molecular formula is C13H12O3. The smallest absolute Gasteiger partial charge is 0.172 e. The Morgan fingerprint density at radius 3 is 3.00 bits per heavy atom. The average molecular weight is 216 g/mol. The lowest BCUT2D eigenvalue weighted by atomic mass is 9.89. The molecule has 0 spiro atoms. The summed E-state index contributed by atoms with van der Waals surface area (Å²) >= 11 is 0. The summed E-state index contributed by atoms with van der Waals surface area (Å²) in [6.07, 6.45) is 2.86. The summed E-state index contributed by atoms with van der Waals surface area (Å²) in [6, 6.07) is 5.27. The summed E-state index contributed by atoms with van der Waals surface area (Å²) in [5.41, 5.74) is 1.69. The van der Waals surface area contributed by atoms with Crippen molar-refractivity contribution in [2.24, 2.45) is 0 Å². The quantitative estimate of drug-likeness (QED) is 0.724. The molecule has 0 atom stereocenters. The second-order valence-electron chi connectivity index (χ2n) is 4.22. The number of aromatic hydroxyl groups is 1. The molecule has 0 unspecified atom stereocenters. The van der Waals surface area contributed by atoms with E-state index in [1.54, 1.807) is 12.1 Å². The summed E-state index contributed by atoms with van der Waals surface area (Å²) in [7, 11) is 0. The van der Waals surface area contributed by atoms with Crippen LogP contribution >= 0.6 is 0 Å². The first kappa shape index (κ1) is 9.46. The van der Waals surface area contributed by atoms with Gasteiger partial charge in [0, 0.05) is 30.4 Å². The maximum absolute atomic E-state index is 11.7. The first-order chi connectivity index (χ1) is 7.75. The van der Waals surface area contributed by atoms with Crippen LogP contribution in [0, 0.1) is 0 Å². The highest BCUT2D eigenvalue weighted by Gasteiger charge is 2.28. The van der Waals surface area contributed by atoms with Crippen molar-refractivity contribution in [2.45, 2.75) is 25.7 Å². The molecule has 1 aromatic carbocycles. The first-order valence-corrected chi connectivity index (χ1v) is 5.49. The highest BCUT2D eigenvalue weighted by atomic mass is 16.5. The molecule has 0 radical (unpaired) electrons. The van der Waals surface area contributed by atoms with Crippen LogP contribution in [0.25, 0.3) is 0 Å². The number of benzene rings is 1. The van der Waals surface area contributed by atoms with Crippen LogP contribution in [0.3, 0.4) is 0 Å². The van der Waals surface area contributed by atoms with Crippen molar-refractivity contribution in [3.8, 4) is 11.5 Å². The van der Waals surface area contributed by atoms with E-state index < -0.39 is 0 Å². The molecule has 0 amide bonds. The first-order valence-electron chi connectivity index (χ1n) is 5.49. The number of phenolic OH excluding ortho intramolecular Hbond substituents is 1. The van der Waals surface area contributed by atoms with E-state index in [1.165, 1.54) is 0 Å². The van der Waals surface area contributed by atoms with E-state index >= 15 is 0 Å². The van der Waals surface area contributed by atoms with Crippen LogP contribution in [-0.4, -0.2) is 10.9 Å². The van der Waals surface area contributed by atoms with Crippen LogP contribution in [0.4, 0.5) is 0 Å². The molecular weight excluding hydrogens is 204 g/mol. The molecule has 0 saturated carbocycles. The number of ether oxygens (including phenoxy) is 1. The number of ketones is 1. The molecule has 82 valence electrons. The van der Waals surface area contributed by atoms with Gasteiger partial charge in [-0.05, 0) is 12.5 Å². The number of allylic oxidation sites excluding steroid dienone is 2. The SMILES string of the molecule is O=C1CCCC2=C1Cc1cccc(O)c1O2. The Hall–Kier alpha value is -1.77. The molecule has 1 aliphatic carbocycles. The molecule has 1 heterocycles. The second-order valence-corrected chi connectivity index (χ2v) is 4.22. The minimum Gasteiger partial charge on any atom is -0.504 e. The maximum Gasteiger partial charge on any atom is 0.172 e. The van der Waals surface area contributed by atoms with Crippen LogP contribution in [0.15, 0.2) is 29.5 Å². The highest BCUT2D eigenvalue weighted by molar-refractivity contribution is 5.97. The van der Waals surface area contributed by atoms with Gasteiger partial charge >= 0.3 is 0 Å². The molecule has 2 aliphatic rings. The largest absolute Gasteiger partial charge is 0.504 e. The van der Waals surface area contributed by atoms with Crippen molar-refractivity contribution in [3.63, 3.8) is 0 Å². The van der Waals surface area contributed by atoms with Crippen LogP contribution in [0.2, 0.25) is 0 Å². The number of phenols is 1. The van der Waals surface area contributed by atoms with Crippen molar-refractivity contribution < 1.29 is 14.6 Å². The van der Waals surface area contributed by atoms with E-state index in [-0.39, 0.29) is 11.5 Å². The zero-order valence-corrected chi connectivity index (χ0v) is 8.82. The summed E-state index contributed by atoms with van der Waals surface area (Å²) in [5, 5.41) is 9.68. The fourth-order valence-electron chi connectivity index (χ4n) is 2.32. The zero-order valence-electron chi connectivity index (χ0n) is 8.82. The third kappa shape index (κ3) is 1.32. The van der Waals surface area contributed by atoms with Crippen molar-refractivity contribution in [1.29, 1.82) is 0 Å². The van der Waals surface area contributed by atoms with E-state index in [9.17, 15) is 9.90 Å². The van der Waals surface area contributed by atoms with Crippen molar-refractivity contribution in [1.82, 2.24) is 0 Å². The topological polar surface area (TPSA) is 46.5 Å². The van der Waals surface area contributed by atoms with E-state index in [0.29, 0.717) is 18.6 Å². The zero-order chi connectivity index (χ0) is 11.1. The van der Waals surface area contributed by atoms with Gasteiger partial charge in [-0.1, -0.05) is 12.1 Å². The van der Waals surface area contributed by atoms with E-state index in [1.807, 2.05) is 6.07 Å². The van der Waals surface area contributed by atoms with Gasteiger partial charge < -0.3 is 9.84 Å². The van der Waals surface area contributed by atoms with Crippen LogP contribution in [0.5, 0.6) is 11.5 Å². The van der Waals surface area contributed by atoms with Gasteiger partial charge in [-0.15, -0.1) is 0 Å². The normalized spacial score (nSPS) is 18.9. The van der Waals surface area contributed by atoms with E-state index in [0.717, 1.165) is 29.7 Å². The van der Waals surface area contributed by atoms with E-state index in [4.69, 9.17) is 4.74 Å². The highest BCUT2D eigenvalue weighted by Crippen LogP contribution is 2.40. The molecule has 0 bridgehead atoms. The molecule has 16 heavy (non-hydrogen) atoms. The van der Waals surface area contributed by atoms with Gasteiger partial charge in [0.05, 0.1) is 0 Å². The Morgan fingerprint density at radius 1 is 1.25 bits per heavy atom. The number of rotatable bonds is 0. The minimum atomic E-state index is 0.155. The number of carbonyl (C=O) groups excluding carboxylic acids is 1. The van der Waals surface area contributed by atoms with Gasteiger partial charge in [0.2, 0.25) is 0 Å². The van der Waals surface area contributed by atoms with Gasteiger partial charge in [-0.2, -0.15) is 0 Å². The lowest BCUT2D eigenvalue weighted by molar-refractivity contribution is -0.116. The summed E-state index contributed by atoms with van der Waals surface area (Å²) in [6.45, 7) is 0. The van der Waals surface area contributed by atoms with Crippen LogP contribution in [0.1, 0.15) is 24.8 Å². The molecule has 3 heteroatoms. The average Bonchev–Trinajstić information content (AvgIpc) is 2.29. The van der Waals surface area contributed by atoms with Gasteiger partial charge in [0.15, 0.2) is 17.3 Å². The van der Waals surface area contributed by atoms with Crippen molar-refractivity contribution >= 4 is 5.78 Å². The van der Waals surface area contributed by atoms with Gasteiger partial charge in [0.1, 0.15) is 5.76 Å². The van der Waals surface area contributed by atoms with Gasteiger partial charge in [-0.25, -0.2) is 0 Å². The Bertz CT molecular complexity index is 500. The maximum atomic E-state index is 11.7. The van der Waals surface area contributed by atoms with Crippen LogP contribution < -0.4 is 4.74 Å². The Labute approximate surface area is 93.4 Å². The number of carbonyl (C=O) groups is 1. The fourth-order valence-corrected chi connectivity index (χ4v) is 2.32. The van der Waals surface area contributed by atoms with Gasteiger partial charge in [-0.3, -0.25) is 4.79 Å². The second kappa shape index (κ2) is 3.37. The third-order valence-corrected chi connectivity index (χ3v) is 3.15. The molecule has 1 aromatic rings. The standard InChI is InChI=1S/C13H12O3/c14-10-4-2-6-12-9(10)7-8-3-1-5-11(15)13(8)16-12/h1,3,5,15H,2,4,6-7H2. The number of para-hydroxylation sites is 1. The molecule has 1 N–H and O–H groups in total. The number of hydrogen-bond acceptors (Lipinski definition) is 3. The molecule has 3 rings (SSSR count). The molecule has 0 aromatic heterocycles. The Morgan fingerprint density at radius 2 is 2.12 bits per heavy atom. The number of hydrogen-bond donors (Lipinski definition) is 1. The summed E-state index contributed by atoms with van der Waals surface area (Å²) < 4.78 is 5.65. The van der Waals surface area contributed by atoms with Gasteiger partial charge in [0.25, 0.3) is 0 Å². The Balaban J connectivity index is 2.07.